The van der Waals surface area contributed by atoms with E-state index in [9.17, 15) is 9.90 Å². The molecule has 2 aliphatic rings. The Bertz CT molecular complexity index is 495. The second-order valence-electron chi connectivity index (χ2n) is 5.76. The number of carbonyl (C=O) groups is 1. The predicted octanol–water partition coefficient (Wildman–Crippen LogP) is 1.60. The van der Waals surface area contributed by atoms with Gasteiger partial charge >= 0.3 is 5.97 Å². The summed E-state index contributed by atoms with van der Waals surface area (Å²) in [6, 6.07) is 5.80. The third-order valence-electron chi connectivity index (χ3n) is 4.44. The number of carboxylic acids is 1. The quantitative estimate of drug-likeness (QED) is 0.879. The number of fused-ring (bicyclic) bond motifs is 1. The lowest BCUT2D eigenvalue weighted by Gasteiger charge is -2.33. The minimum absolute atomic E-state index is 0.496. The summed E-state index contributed by atoms with van der Waals surface area (Å²) in [6.45, 7) is 3.34. The van der Waals surface area contributed by atoms with Gasteiger partial charge in [-0.1, -0.05) is 18.2 Å². The lowest BCUT2D eigenvalue weighted by Crippen LogP contribution is -2.47. The Hall–Kier alpha value is -1.39. The number of benzene rings is 1. The number of aryl methyl sites for hydroxylation is 2. The van der Waals surface area contributed by atoms with E-state index in [1.807, 2.05) is 6.07 Å². The van der Waals surface area contributed by atoms with Crippen LogP contribution in [0.15, 0.2) is 18.2 Å². The highest BCUT2D eigenvalue weighted by molar-refractivity contribution is 5.75. The Kier molecular flexibility index (Phi) is 4.03. The van der Waals surface area contributed by atoms with Crippen molar-refractivity contribution in [1.29, 1.82) is 0 Å². The zero-order chi connectivity index (χ0) is 13.9. The molecule has 0 saturated carbocycles. The van der Waals surface area contributed by atoms with Gasteiger partial charge in [-0.05, 0) is 42.4 Å². The van der Waals surface area contributed by atoms with Crippen molar-refractivity contribution in [2.75, 3.05) is 26.2 Å². The van der Waals surface area contributed by atoms with Crippen molar-refractivity contribution >= 4 is 5.97 Å². The summed E-state index contributed by atoms with van der Waals surface area (Å²) in [4.78, 5) is 13.8. The van der Waals surface area contributed by atoms with E-state index in [-0.39, 0.29) is 0 Å². The molecule has 1 atom stereocenters. The van der Waals surface area contributed by atoms with E-state index < -0.39 is 12.0 Å². The minimum Gasteiger partial charge on any atom is -0.480 e. The molecule has 0 amide bonds. The number of rotatable bonds is 3. The second kappa shape index (κ2) is 5.94. The monoisotopic (exact) mass is 274 g/mol. The summed E-state index contributed by atoms with van der Waals surface area (Å²) < 4.78 is 0. The Morgan fingerprint density at radius 3 is 2.55 bits per heavy atom. The first-order valence-electron chi connectivity index (χ1n) is 7.55. The van der Waals surface area contributed by atoms with Gasteiger partial charge in [-0.3, -0.25) is 9.69 Å². The minimum atomic E-state index is -0.734. The Morgan fingerprint density at radius 1 is 1.15 bits per heavy atom. The van der Waals surface area contributed by atoms with Crippen LogP contribution in [0.25, 0.3) is 0 Å². The summed E-state index contributed by atoms with van der Waals surface area (Å²) in [6.07, 6.45) is 4.71. The van der Waals surface area contributed by atoms with Crippen molar-refractivity contribution in [3.63, 3.8) is 0 Å². The van der Waals surface area contributed by atoms with Gasteiger partial charge in [0.2, 0.25) is 0 Å². The maximum atomic E-state index is 11.7. The first-order chi connectivity index (χ1) is 9.75. The third-order valence-corrected chi connectivity index (χ3v) is 4.44. The molecule has 108 valence electrons. The predicted molar refractivity (Wildman–Crippen MR) is 77.9 cm³/mol. The molecule has 1 fully saturated rings. The molecule has 1 aliphatic heterocycles. The van der Waals surface area contributed by atoms with Crippen LogP contribution in [0.1, 0.15) is 35.6 Å². The molecule has 4 nitrogen and oxygen atoms in total. The van der Waals surface area contributed by atoms with Crippen LogP contribution in [0.2, 0.25) is 0 Å². The second-order valence-corrected chi connectivity index (χ2v) is 5.76. The summed E-state index contributed by atoms with van der Waals surface area (Å²) in [7, 11) is 0. The highest BCUT2D eigenvalue weighted by Gasteiger charge is 2.29. The van der Waals surface area contributed by atoms with Crippen molar-refractivity contribution in [1.82, 2.24) is 10.2 Å². The average Bonchev–Trinajstić information content (AvgIpc) is 2.48. The lowest BCUT2D eigenvalue weighted by atomic mass is 9.89. The van der Waals surface area contributed by atoms with E-state index in [0.717, 1.165) is 44.6 Å². The number of carboxylic acid groups (broad SMARTS) is 1. The number of aliphatic carboxylic acids is 1. The molecule has 0 radical (unpaired) electrons. The molecule has 0 bridgehead atoms. The first-order valence-corrected chi connectivity index (χ1v) is 7.55. The molecule has 1 saturated heterocycles. The normalized spacial score (nSPS) is 21.2. The zero-order valence-corrected chi connectivity index (χ0v) is 11.8. The summed E-state index contributed by atoms with van der Waals surface area (Å²) >= 11 is 0. The molecular weight excluding hydrogens is 252 g/mol. The number of hydrogen-bond acceptors (Lipinski definition) is 3. The van der Waals surface area contributed by atoms with Gasteiger partial charge in [0.1, 0.15) is 6.04 Å². The Labute approximate surface area is 119 Å². The van der Waals surface area contributed by atoms with Gasteiger partial charge in [-0.15, -0.1) is 0 Å². The Morgan fingerprint density at radius 2 is 1.85 bits per heavy atom. The molecule has 1 heterocycles. The lowest BCUT2D eigenvalue weighted by molar-refractivity contribution is -0.143. The largest absolute Gasteiger partial charge is 0.480 e. The van der Waals surface area contributed by atoms with Crippen molar-refractivity contribution in [3.8, 4) is 0 Å². The van der Waals surface area contributed by atoms with E-state index in [2.05, 4.69) is 22.3 Å². The van der Waals surface area contributed by atoms with Crippen molar-refractivity contribution < 1.29 is 9.90 Å². The summed E-state index contributed by atoms with van der Waals surface area (Å²) in [5.41, 5.74) is 3.71. The highest BCUT2D eigenvalue weighted by atomic mass is 16.4. The van der Waals surface area contributed by atoms with E-state index in [0.29, 0.717) is 0 Å². The van der Waals surface area contributed by atoms with E-state index in [1.54, 1.807) is 0 Å². The van der Waals surface area contributed by atoms with Gasteiger partial charge in [-0.25, -0.2) is 0 Å². The van der Waals surface area contributed by atoms with E-state index >= 15 is 0 Å². The van der Waals surface area contributed by atoms with Crippen LogP contribution in [-0.2, 0) is 17.6 Å². The first kappa shape index (κ1) is 13.6. The SMILES string of the molecule is O=C(O)C(c1ccc2c(c1)CCCC2)N1CCNCC1. The molecule has 0 aromatic heterocycles. The fourth-order valence-corrected chi connectivity index (χ4v) is 3.37. The summed E-state index contributed by atoms with van der Waals surface area (Å²) in [5, 5.41) is 12.9. The van der Waals surface area contributed by atoms with Gasteiger partial charge in [-0.2, -0.15) is 0 Å². The van der Waals surface area contributed by atoms with Crippen LogP contribution in [-0.4, -0.2) is 42.2 Å². The van der Waals surface area contributed by atoms with Crippen molar-refractivity contribution in [2.45, 2.75) is 31.7 Å². The smallest absolute Gasteiger partial charge is 0.325 e. The fourth-order valence-electron chi connectivity index (χ4n) is 3.37. The molecule has 2 N–H and O–H groups in total. The van der Waals surface area contributed by atoms with Crippen molar-refractivity contribution in [3.05, 3.63) is 34.9 Å². The topological polar surface area (TPSA) is 52.6 Å². The van der Waals surface area contributed by atoms with Crippen molar-refractivity contribution in [2.24, 2.45) is 0 Å². The van der Waals surface area contributed by atoms with Gasteiger partial charge < -0.3 is 10.4 Å². The third kappa shape index (κ3) is 2.72. The maximum absolute atomic E-state index is 11.7. The maximum Gasteiger partial charge on any atom is 0.325 e. The number of piperazine rings is 1. The van der Waals surface area contributed by atoms with Crippen LogP contribution in [0, 0.1) is 0 Å². The molecular formula is C16H22N2O2. The Balaban J connectivity index is 1.88. The van der Waals surface area contributed by atoms with Gasteiger partial charge in [0.15, 0.2) is 0 Å². The molecule has 1 aliphatic carbocycles. The number of hydrogen-bond donors (Lipinski definition) is 2. The molecule has 3 rings (SSSR count). The van der Waals surface area contributed by atoms with Crippen LogP contribution >= 0.6 is 0 Å². The zero-order valence-electron chi connectivity index (χ0n) is 11.8. The molecule has 1 unspecified atom stereocenters. The van der Waals surface area contributed by atoms with Crippen LogP contribution in [0.3, 0.4) is 0 Å². The average molecular weight is 274 g/mol. The molecule has 1 aromatic carbocycles. The van der Waals surface area contributed by atoms with Gasteiger partial charge in [0, 0.05) is 26.2 Å². The van der Waals surface area contributed by atoms with E-state index in [4.69, 9.17) is 0 Å². The van der Waals surface area contributed by atoms with Crippen LogP contribution < -0.4 is 5.32 Å². The standard InChI is InChI=1S/C16H22N2O2/c19-16(20)15(18-9-7-17-8-10-18)14-6-5-12-3-1-2-4-13(12)11-14/h5-6,11,15,17H,1-4,7-10H2,(H,19,20). The molecule has 4 heteroatoms. The number of nitrogens with one attached hydrogen (secondary N) is 1. The molecule has 0 spiro atoms. The number of nitrogens with zero attached hydrogens (tertiary/aromatic N) is 1. The van der Waals surface area contributed by atoms with Gasteiger partial charge in [0.05, 0.1) is 0 Å². The fraction of sp³-hybridized carbons (Fsp3) is 0.562. The highest BCUT2D eigenvalue weighted by Crippen LogP contribution is 2.28. The van der Waals surface area contributed by atoms with E-state index in [1.165, 1.54) is 24.0 Å². The molecule has 20 heavy (non-hydrogen) atoms. The van der Waals surface area contributed by atoms with Gasteiger partial charge in [0.25, 0.3) is 0 Å². The van der Waals surface area contributed by atoms with Crippen LogP contribution in [0.4, 0.5) is 0 Å². The summed E-state index contributed by atoms with van der Waals surface area (Å²) in [5.74, 6) is -0.734. The van der Waals surface area contributed by atoms with Crippen LogP contribution in [0.5, 0.6) is 0 Å². The molecule has 1 aromatic rings.